The van der Waals surface area contributed by atoms with Gasteiger partial charge < -0.3 is 29.2 Å². The third-order valence-corrected chi connectivity index (χ3v) is 8.28. The number of aryl methyl sites for hydroxylation is 2. The number of benzene rings is 3. The van der Waals surface area contributed by atoms with E-state index < -0.39 is 27.9 Å². The van der Waals surface area contributed by atoms with Crippen molar-refractivity contribution in [2.45, 2.75) is 38.1 Å². The smallest absolute Gasteiger partial charge is 0.326 e. The molecule has 0 aliphatic rings. The van der Waals surface area contributed by atoms with Crippen molar-refractivity contribution in [1.82, 2.24) is 14.9 Å². The zero-order valence-electron chi connectivity index (χ0n) is 27.0. The first-order valence-corrected chi connectivity index (χ1v) is 16.2. The predicted octanol–water partition coefficient (Wildman–Crippen LogP) is 3.09. The zero-order chi connectivity index (χ0) is 34.4. The number of nitrogens with zero attached hydrogens (tertiary/aromatic N) is 2. The van der Waals surface area contributed by atoms with E-state index in [-0.39, 0.29) is 37.6 Å². The predicted molar refractivity (Wildman–Crippen MR) is 176 cm³/mol. The lowest BCUT2D eigenvalue weighted by Gasteiger charge is -2.18. The van der Waals surface area contributed by atoms with Crippen LogP contribution in [0.4, 0.5) is 5.69 Å². The van der Waals surface area contributed by atoms with E-state index in [4.69, 9.17) is 18.9 Å². The molecule has 0 heterocycles. The Kier molecular flexibility index (Phi) is 13.7. The number of ether oxygens (including phenoxy) is 4. The number of carbonyl (C=O) groups excluding carboxylic acids is 3. The fraction of sp³-hybridized carbons (Fsp3) is 0.333. The Morgan fingerprint density at radius 3 is 2.26 bits per heavy atom. The number of esters is 1. The minimum Gasteiger partial charge on any atom is -0.493 e. The van der Waals surface area contributed by atoms with Crippen LogP contribution in [0, 0.1) is 13.8 Å². The molecule has 2 N–H and O–H groups in total. The topological polar surface area (TPSA) is 162 Å². The highest BCUT2D eigenvalue weighted by Gasteiger charge is 2.27. The fourth-order valence-electron chi connectivity index (χ4n) is 4.21. The molecule has 0 aliphatic heterocycles. The summed E-state index contributed by atoms with van der Waals surface area (Å²) in [6, 6.07) is 15.1. The minimum atomic E-state index is -4.04. The lowest BCUT2D eigenvalue weighted by molar-refractivity contribution is -0.145. The first-order chi connectivity index (χ1) is 22.5. The van der Waals surface area contributed by atoms with E-state index in [1.54, 1.807) is 62.6 Å². The van der Waals surface area contributed by atoms with Crippen LogP contribution in [0.25, 0.3) is 0 Å². The van der Waals surface area contributed by atoms with Crippen molar-refractivity contribution in [1.29, 1.82) is 0 Å². The average molecular weight is 669 g/mol. The van der Waals surface area contributed by atoms with Gasteiger partial charge in [0.15, 0.2) is 11.5 Å². The maximum absolute atomic E-state index is 12.8. The minimum absolute atomic E-state index is 0.0114. The van der Waals surface area contributed by atoms with Gasteiger partial charge in [-0.2, -0.15) is 4.72 Å². The number of nitrogens with one attached hydrogen (secondary N) is 2. The molecule has 47 heavy (non-hydrogen) atoms. The molecular weight excluding hydrogens is 628 g/mol. The normalized spacial score (nSPS) is 11.9. The summed E-state index contributed by atoms with van der Waals surface area (Å²) in [5, 5.41) is 2.60. The number of carbonyl (C=O) groups is 3. The molecule has 0 aliphatic carbocycles. The second-order valence-corrected chi connectivity index (χ2v) is 12.0. The number of hydrogen-bond donors (Lipinski definition) is 2. The van der Waals surface area contributed by atoms with Gasteiger partial charge in [-0.05, 0) is 62.2 Å². The quantitative estimate of drug-likeness (QED) is 0.0898. The molecule has 252 valence electrons. The van der Waals surface area contributed by atoms with Crippen molar-refractivity contribution < 1.29 is 41.7 Å². The molecule has 0 radical (unpaired) electrons. The highest BCUT2D eigenvalue weighted by atomic mass is 32.2. The molecule has 0 spiro atoms. The van der Waals surface area contributed by atoms with E-state index in [2.05, 4.69) is 15.0 Å². The second-order valence-electron chi connectivity index (χ2n) is 10.3. The summed E-state index contributed by atoms with van der Waals surface area (Å²) in [7, 11) is -0.963. The zero-order valence-corrected chi connectivity index (χ0v) is 27.8. The van der Waals surface area contributed by atoms with Gasteiger partial charge in [0.25, 0.3) is 0 Å². The summed E-state index contributed by atoms with van der Waals surface area (Å²) >= 11 is 0. The molecule has 14 heteroatoms. The monoisotopic (exact) mass is 668 g/mol. The van der Waals surface area contributed by atoms with Gasteiger partial charge in [0, 0.05) is 12.6 Å². The average Bonchev–Trinajstić information content (AvgIpc) is 3.05. The Balaban J connectivity index is 1.51. The van der Waals surface area contributed by atoms with Crippen LogP contribution in [0.3, 0.4) is 0 Å². The molecule has 3 aromatic carbocycles. The molecule has 1 atom stereocenters. The van der Waals surface area contributed by atoms with Gasteiger partial charge in [-0.25, -0.2) is 13.4 Å². The van der Waals surface area contributed by atoms with E-state index in [1.807, 2.05) is 13.8 Å². The van der Waals surface area contributed by atoms with Gasteiger partial charge in [0.1, 0.15) is 18.4 Å². The lowest BCUT2D eigenvalue weighted by Crippen LogP contribution is -2.49. The van der Waals surface area contributed by atoms with Crippen LogP contribution in [0.15, 0.2) is 70.6 Å². The van der Waals surface area contributed by atoms with Crippen molar-refractivity contribution >= 4 is 40.3 Å². The van der Waals surface area contributed by atoms with Crippen LogP contribution in [0.2, 0.25) is 0 Å². The van der Waals surface area contributed by atoms with Crippen LogP contribution < -0.4 is 24.2 Å². The first kappa shape index (κ1) is 36.5. The third kappa shape index (κ3) is 11.1. The Hall–Kier alpha value is -4.95. The summed E-state index contributed by atoms with van der Waals surface area (Å²) in [4.78, 5) is 42.4. The SMILES string of the molecule is CCOC(=O)C(CNC(=O)Cc1ccc(OCCN(C=O)C=Nc2cc(OC)c(OC)cc2C)cc1)NS(=O)(=O)c1ccc(C)cc1. The Bertz CT molecular complexity index is 1640. The van der Waals surface area contributed by atoms with Gasteiger partial charge >= 0.3 is 5.97 Å². The van der Waals surface area contributed by atoms with Gasteiger partial charge in [0.2, 0.25) is 22.3 Å². The number of aliphatic imine (C=N–C) groups is 1. The Morgan fingerprint density at radius 2 is 1.64 bits per heavy atom. The first-order valence-electron chi connectivity index (χ1n) is 14.7. The van der Waals surface area contributed by atoms with E-state index >= 15 is 0 Å². The molecular formula is C33H40N4O9S. The maximum atomic E-state index is 12.8. The highest BCUT2D eigenvalue weighted by Crippen LogP contribution is 2.34. The Labute approximate surface area is 274 Å². The molecule has 0 bridgehead atoms. The molecule has 13 nitrogen and oxygen atoms in total. The van der Waals surface area contributed by atoms with Crippen LogP contribution >= 0.6 is 0 Å². The molecule has 3 aromatic rings. The number of sulfonamides is 1. The largest absolute Gasteiger partial charge is 0.493 e. The molecule has 0 aromatic heterocycles. The lowest BCUT2D eigenvalue weighted by atomic mass is 10.1. The van der Waals surface area contributed by atoms with Gasteiger partial charge in [0.05, 0.1) is 50.7 Å². The van der Waals surface area contributed by atoms with Crippen LogP contribution in [0.1, 0.15) is 23.6 Å². The van der Waals surface area contributed by atoms with Crippen LogP contribution in [0.5, 0.6) is 17.2 Å². The van der Waals surface area contributed by atoms with Crippen molar-refractivity contribution in [2.24, 2.45) is 4.99 Å². The van der Waals surface area contributed by atoms with E-state index in [0.29, 0.717) is 34.9 Å². The number of rotatable bonds is 18. The van der Waals surface area contributed by atoms with Crippen molar-refractivity contribution in [3.8, 4) is 17.2 Å². The van der Waals surface area contributed by atoms with Gasteiger partial charge in [-0.15, -0.1) is 0 Å². The van der Waals surface area contributed by atoms with Crippen LogP contribution in [-0.2, 0) is 35.6 Å². The maximum Gasteiger partial charge on any atom is 0.326 e. The standard InChI is InChI=1S/C33H40N4O9S/c1-6-45-33(40)29(36-47(41,42)27-13-7-23(2)8-14-27)20-34-32(39)18-25-9-11-26(12-10-25)46-16-15-37(22-38)21-35-28-19-31(44-5)30(43-4)17-24(28)3/h7-14,17,19,21-22,29,36H,6,15-16,18,20H2,1-5H3,(H,34,39). The number of amides is 2. The van der Waals surface area contributed by atoms with Gasteiger partial charge in [-0.1, -0.05) is 29.8 Å². The van der Waals surface area contributed by atoms with Crippen molar-refractivity contribution in [3.05, 3.63) is 77.4 Å². The van der Waals surface area contributed by atoms with E-state index in [1.165, 1.54) is 30.5 Å². The summed E-state index contributed by atoms with van der Waals surface area (Å²) in [6.07, 6.45) is 2.03. The highest BCUT2D eigenvalue weighted by molar-refractivity contribution is 7.89. The number of hydrogen-bond acceptors (Lipinski definition) is 10. The summed E-state index contributed by atoms with van der Waals surface area (Å²) in [6.45, 7) is 5.46. The van der Waals surface area contributed by atoms with E-state index in [9.17, 15) is 22.8 Å². The molecule has 2 amide bonds. The Morgan fingerprint density at radius 1 is 0.979 bits per heavy atom. The molecule has 0 saturated heterocycles. The summed E-state index contributed by atoms with van der Waals surface area (Å²) in [5.41, 5.74) is 3.01. The van der Waals surface area contributed by atoms with Crippen LogP contribution in [-0.4, -0.2) is 84.5 Å². The summed E-state index contributed by atoms with van der Waals surface area (Å²) < 4.78 is 49.3. The van der Waals surface area contributed by atoms with Gasteiger partial charge in [-0.3, -0.25) is 14.4 Å². The molecule has 0 saturated carbocycles. The number of methoxy groups -OCH3 is 2. The third-order valence-electron chi connectivity index (χ3n) is 6.79. The fourth-order valence-corrected chi connectivity index (χ4v) is 5.39. The van der Waals surface area contributed by atoms with Crippen molar-refractivity contribution in [2.75, 3.05) is 40.5 Å². The second kappa shape index (κ2) is 17.7. The molecule has 3 rings (SSSR count). The molecule has 1 unspecified atom stereocenters. The van der Waals surface area contributed by atoms with E-state index in [0.717, 1.165) is 11.1 Å². The summed E-state index contributed by atoms with van der Waals surface area (Å²) in [5.74, 6) is 0.405. The van der Waals surface area contributed by atoms with Crippen molar-refractivity contribution in [3.63, 3.8) is 0 Å². The molecule has 0 fully saturated rings.